The van der Waals surface area contributed by atoms with Crippen LogP contribution in [0.1, 0.15) is 27.6 Å². The smallest absolute Gasteiger partial charge is 0.338 e. The van der Waals surface area contributed by atoms with Gasteiger partial charge in [0, 0.05) is 7.05 Å². The zero-order valence-electron chi connectivity index (χ0n) is 15.3. The van der Waals surface area contributed by atoms with Gasteiger partial charge in [0.1, 0.15) is 11.4 Å². The highest BCUT2D eigenvalue weighted by atomic mass is 35.5. The first kappa shape index (κ1) is 21.0. The second kappa shape index (κ2) is 8.61. The Kier molecular flexibility index (Phi) is 6.47. The number of Topliss-reactive ketones (excluding diaryl/α,β-unsaturated/α-hetero) is 1. The van der Waals surface area contributed by atoms with Crippen molar-refractivity contribution in [2.45, 2.75) is 6.92 Å². The number of aromatic amines is 1. The molecule has 0 aliphatic heterocycles. The molecule has 0 unspecified atom stereocenters. The van der Waals surface area contributed by atoms with E-state index < -0.39 is 35.2 Å². The number of H-pyrrole nitrogens is 1. The molecule has 11 heteroatoms. The summed E-state index contributed by atoms with van der Waals surface area (Å²) in [5.41, 5.74) is 3.44. The zero-order chi connectivity index (χ0) is 21.0. The maximum Gasteiger partial charge on any atom is 0.338 e. The Labute approximate surface area is 163 Å². The molecule has 0 spiro atoms. The van der Waals surface area contributed by atoms with Crippen molar-refractivity contribution >= 4 is 29.2 Å². The molecule has 0 atom stereocenters. The van der Waals surface area contributed by atoms with Crippen LogP contribution in [0.4, 0.5) is 5.82 Å². The number of rotatable bonds is 7. The maximum absolute atomic E-state index is 12.3. The summed E-state index contributed by atoms with van der Waals surface area (Å²) in [4.78, 5) is 49.7. The van der Waals surface area contributed by atoms with E-state index in [1.54, 1.807) is 6.92 Å². The van der Waals surface area contributed by atoms with Gasteiger partial charge in [-0.15, -0.1) is 0 Å². The summed E-state index contributed by atoms with van der Waals surface area (Å²) < 4.78 is 16.3. The van der Waals surface area contributed by atoms with E-state index in [1.165, 1.54) is 26.3 Å². The van der Waals surface area contributed by atoms with E-state index in [0.717, 1.165) is 4.57 Å². The number of esters is 1. The van der Waals surface area contributed by atoms with Crippen LogP contribution in [0.25, 0.3) is 0 Å². The van der Waals surface area contributed by atoms with E-state index in [4.69, 9.17) is 31.5 Å². The number of ketones is 1. The molecule has 0 aliphatic rings. The first-order valence-electron chi connectivity index (χ1n) is 8.00. The predicted octanol–water partition coefficient (Wildman–Crippen LogP) is 0.756. The number of anilines is 1. The van der Waals surface area contributed by atoms with Crippen LogP contribution < -0.4 is 26.5 Å². The lowest BCUT2D eigenvalue weighted by Crippen LogP contribution is -2.35. The minimum Gasteiger partial charge on any atom is -0.493 e. The third-order valence-electron chi connectivity index (χ3n) is 3.74. The fourth-order valence-corrected chi connectivity index (χ4v) is 2.58. The number of nitrogens with one attached hydrogen (secondary N) is 1. The quantitative estimate of drug-likeness (QED) is 0.502. The lowest BCUT2D eigenvalue weighted by Gasteiger charge is -2.13. The third kappa shape index (κ3) is 4.17. The Morgan fingerprint density at radius 3 is 2.57 bits per heavy atom. The lowest BCUT2D eigenvalue weighted by atomic mass is 10.2. The average Bonchev–Trinajstić information content (AvgIpc) is 2.65. The van der Waals surface area contributed by atoms with Crippen LogP contribution in [-0.4, -0.2) is 41.6 Å². The van der Waals surface area contributed by atoms with Crippen LogP contribution >= 0.6 is 11.6 Å². The van der Waals surface area contributed by atoms with Gasteiger partial charge >= 0.3 is 11.7 Å². The molecule has 0 saturated heterocycles. The van der Waals surface area contributed by atoms with Gasteiger partial charge in [0.05, 0.1) is 24.3 Å². The van der Waals surface area contributed by atoms with Gasteiger partial charge in [-0.2, -0.15) is 0 Å². The van der Waals surface area contributed by atoms with Crippen LogP contribution in [-0.2, 0) is 11.8 Å². The number of nitrogens with zero attached hydrogens (tertiary/aromatic N) is 1. The molecule has 1 heterocycles. The van der Waals surface area contributed by atoms with Gasteiger partial charge in [0.15, 0.2) is 18.1 Å². The molecule has 0 bridgehead atoms. The molecule has 150 valence electrons. The summed E-state index contributed by atoms with van der Waals surface area (Å²) >= 11 is 6.09. The van der Waals surface area contributed by atoms with Crippen LogP contribution in [0.2, 0.25) is 5.02 Å². The standard InChI is InChI=1S/C17H18ClN3O7/c1-4-27-13-9(18)5-8(6-11(13)26-3)16(24)28-7-10(22)12-14(19)21(2)17(25)20-15(12)23/h5-6H,4,7,19H2,1-3H3,(H,20,23,25). The Morgan fingerprint density at radius 2 is 1.96 bits per heavy atom. The molecular weight excluding hydrogens is 394 g/mol. The van der Waals surface area contributed by atoms with Crippen molar-refractivity contribution in [3.05, 3.63) is 49.1 Å². The van der Waals surface area contributed by atoms with E-state index in [0.29, 0.717) is 6.61 Å². The average molecular weight is 412 g/mol. The number of nitrogens with two attached hydrogens (primary N) is 1. The second-order valence-electron chi connectivity index (χ2n) is 5.50. The second-order valence-corrected chi connectivity index (χ2v) is 5.91. The molecule has 0 radical (unpaired) electrons. The Bertz CT molecular complexity index is 1040. The minimum absolute atomic E-state index is 0.0143. The van der Waals surface area contributed by atoms with Crippen LogP contribution in [0.5, 0.6) is 11.5 Å². The number of hydrogen-bond donors (Lipinski definition) is 2. The first-order valence-corrected chi connectivity index (χ1v) is 8.38. The number of halogens is 1. The molecular formula is C17H18ClN3O7. The van der Waals surface area contributed by atoms with Crippen molar-refractivity contribution in [1.29, 1.82) is 0 Å². The maximum atomic E-state index is 12.3. The fourth-order valence-electron chi connectivity index (χ4n) is 2.32. The summed E-state index contributed by atoms with van der Waals surface area (Å²) in [7, 11) is 2.66. The fraction of sp³-hybridized carbons (Fsp3) is 0.294. The van der Waals surface area contributed by atoms with Crippen LogP contribution in [0, 0.1) is 0 Å². The van der Waals surface area contributed by atoms with Gasteiger partial charge in [-0.25, -0.2) is 9.59 Å². The topological polar surface area (TPSA) is 143 Å². The number of nitrogen functional groups attached to an aromatic ring is 1. The zero-order valence-corrected chi connectivity index (χ0v) is 16.1. The van der Waals surface area contributed by atoms with Gasteiger partial charge in [-0.05, 0) is 19.1 Å². The van der Waals surface area contributed by atoms with Crippen molar-refractivity contribution in [2.75, 3.05) is 26.1 Å². The van der Waals surface area contributed by atoms with Crippen molar-refractivity contribution < 1.29 is 23.8 Å². The number of benzene rings is 1. The molecule has 2 rings (SSSR count). The normalized spacial score (nSPS) is 10.4. The first-order chi connectivity index (χ1) is 13.2. The highest BCUT2D eigenvalue weighted by Crippen LogP contribution is 2.36. The number of hydrogen-bond acceptors (Lipinski definition) is 8. The summed E-state index contributed by atoms with van der Waals surface area (Å²) in [5.74, 6) is -1.60. The summed E-state index contributed by atoms with van der Waals surface area (Å²) in [6.07, 6.45) is 0. The third-order valence-corrected chi connectivity index (χ3v) is 4.02. The number of carbonyl (C=O) groups excluding carboxylic acids is 2. The van der Waals surface area contributed by atoms with Gasteiger partial charge < -0.3 is 19.9 Å². The monoisotopic (exact) mass is 411 g/mol. The summed E-state index contributed by atoms with van der Waals surface area (Å²) in [5, 5.41) is 0.123. The van der Waals surface area contributed by atoms with E-state index in [-0.39, 0.29) is 27.9 Å². The van der Waals surface area contributed by atoms with E-state index in [1.807, 2.05) is 4.98 Å². The molecule has 2 aromatic rings. The summed E-state index contributed by atoms with van der Waals surface area (Å²) in [6.45, 7) is 1.33. The van der Waals surface area contributed by atoms with Crippen LogP contribution in [0.3, 0.4) is 0 Å². The molecule has 0 aliphatic carbocycles. The van der Waals surface area contributed by atoms with Crippen molar-refractivity contribution in [2.24, 2.45) is 7.05 Å². The Balaban J connectivity index is 2.22. The summed E-state index contributed by atoms with van der Waals surface area (Å²) in [6, 6.07) is 2.65. The molecule has 0 saturated carbocycles. The number of ether oxygens (including phenoxy) is 3. The van der Waals surface area contributed by atoms with E-state index >= 15 is 0 Å². The lowest BCUT2D eigenvalue weighted by molar-refractivity contribution is 0.0474. The minimum atomic E-state index is -0.965. The van der Waals surface area contributed by atoms with Crippen molar-refractivity contribution in [3.63, 3.8) is 0 Å². The number of aromatic nitrogens is 2. The van der Waals surface area contributed by atoms with Crippen LogP contribution in [0.15, 0.2) is 21.7 Å². The number of carbonyl (C=O) groups is 2. The highest BCUT2D eigenvalue weighted by Gasteiger charge is 2.21. The molecule has 3 N–H and O–H groups in total. The van der Waals surface area contributed by atoms with Gasteiger partial charge in [0.25, 0.3) is 5.56 Å². The predicted molar refractivity (Wildman–Crippen MR) is 101 cm³/mol. The molecule has 28 heavy (non-hydrogen) atoms. The van der Waals surface area contributed by atoms with Gasteiger partial charge in [-0.1, -0.05) is 11.6 Å². The highest BCUT2D eigenvalue weighted by molar-refractivity contribution is 6.32. The Hall–Kier alpha value is -3.27. The number of methoxy groups -OCH3 is 1. The molecule has 1 aromatic carbocycles. The largest absolute Gasteiger partial charge is 0.493 e. The van der Waals surface area contributed by atoms with E-state index in [9.17, 15) is 19.2 Å². The SMILES string of the molecule is CCOc1c(Cl)cc(C(=O)OCC(=O)c2c(N)n(C)c(=O)[nH]c2=O)cc1OC. The van der Waals surface area contributed by atoms with Crippen molar-refractivity contribution in [1.82, 2.24) is 9.55 Å². The molecule has 0 amide bonds. The molecule has 0 fully saturated rings. The molecule has 1 aromatic heterocycles. The van der Waals surface area contributed by atoms with Gasteiger partial charge in [-0.3, -0.25) is 19.1 Å². The van der Waals surface area contributed by atoms with Crippen molar-refractivity contribution in [3.8, 4) is 11.5 Å². The van der Waals surface area contributed by atoms with E-state index in [2.05, 4.69) is 0 Å². The van der Waals surface area contributed by atoms with Gasteiger partial charge in [0.2, 0.25) is 5.78 Å². The Morgan fingerprint density at radius 1 is 1.29 bits per heavy atom. The molecule has 10 nitrogen and oxygen atoms in total.